The molecule has 262 valence electrons. The van der Waals surface area contributed by atoms with Crippen molar-refractivity contribution in [2.45, 2.75) is 111 Å². The van der Waals surface area contributed by atoms with Crippen LogP contribution < -0.4 is 5.32 Å². The number of nitrogens with one attached hydrogen (secondary N) is 1. The molecule has 3 fully saturated rings. The van der Waals surface area contributed by atoms with Crippen molar-refractivity contribution in [2.75, 3.05) is 13.7 Å². The van der Waals surface area contributed by atoms with E-state index in [2.05, 4.69) is 5.32 Å². The highest BCUT2D eigenvalue weighted by Gasteiger charge is 2.75. The van der Waals surface area contributed by atoms with Crippen LogP contribution in [0.4, 0.5) is 4.79 Å². The summed E-state index contributed by atoms with van der Waals surface area (Å²) in [5.41, 5.74) is -4.07. The predicted molar refractivity (Wildman–Crippen MR) is 153 cm³/mol. The number of methoxy groups -OCH3 is 1. The summed E-state index contributed by atoms with van der Waals surface area (Å²) in [5.74, 6) is -7.12. The second kappa shape index (κ2) is 13.4. The molecule has 1 aliphatic carbocycles. The van der Waals surface area contributed by atoms with Crippen molar-refractivity contribution in [2.24, 2.45) is 16.7 Å². The highest BCUT2D eigenvalue weighted by Crippen LogP contribution is 2.64. The summed E-state index contributed by atoms with van der Waals surface area (Å²) in [4.78, 5) is 103. The fraction of sp³-hybridized carbons (Fsp3) is 0.733. The van der Waals surface area contributed by atoms with Crippen LogP contribution in [0.15, 0.2) is 0 Å². The standard InChI is InChI=1S/C30H42N2O15/c1-13(33)42-12-19(44-15(3)35)22(46-17(5)37)23-21(45-16(4)36)18(43-14(2)34)11-30(47-23,26(39)41-10)32-24-20(25(38)31-27(32)40)28(6,7)29(24,8)9/h18-24H,11-12H2,1-10H3,(H,31,38,40)/t18-,19+,20-,21+,22+,23+,24-,30+/m0/s1. The van der Waals surface area contributed by atoms with Gasteiger partial charge >= 0.3 is 41.8 Å². The lowest BCUT2D eigenvalue weighted by Gasteiger charge is -2.70. The molecule has 0 aromatic heterocycles. The van der Waals surface area contributed by atoms with Gasteiger partial charge in [0.2, 0.25) is 11.6 Å². The number of hydrogen-bond donors (Lipinski definition) is 1. The third-order valence-corrected chi connectivity index (χ3v) is 9.28. The van der Waals surface area contributed by atoms with E-state index in [0.717, 1.165) is 46.6 Å². The lowest BCUT2D eigenvalue weighted by molar-refractivity contribution is -0.313. The van der Waals surface area contributed by atoms with E-state index in [4.69, 9.17) is 33.2 Å². The van der Waals surface area contributed by atoms with E-state index in [1.54, 1.807) is 13.8 Å². The maximum atomic E-state index is 14.0. The van der Waals surface area contributed by atoms with Gasteiger partial charge in [-0.05, 0) is 10.8 Å². The Bertz CT molecular complexity index is 1340. The number of carbonyl (C=O) groups excluding carboxylic acids is 8. The molecule has 47 heavy (non-hydrogen) atoms. The summed E-state index contributed by atoms with van der Waals surface area (Å²) in [6.45, 7) is 11.7. The third-order valence-electron chi connectivity index (χ3n) is 9.28. The van der Waals surface area contributed by atoms with E-state index in [9.17, 15) is 38.4 Å². The molecule has 2 heterocycles. The Kier molecular flexibility index (Phi) is 10.6. The Morgan fingerprint density at radius 1 is 0.851 bits per heavy atom. The summed E-state index contributed by atoms with van der Waals surface area (Å²) >= 11 is 0. The molecule has 8 atom stereocenters. The maximum Gasteiger partial charge on any atom is 0.360 e. The number of carbonyl (C=O) groups is 8. The molecule has 0 bridgehead atoms. The van der Waals surface area contributed by atoms with E-state index in [-0.39, 0.29) is 0 Å². The maximum absolute atomic E-state index is 14.0. The first-order valence-electron chi connectivity index (χ1n) is 14.8. The number of hydrogen-bond acceptors (Lipinski definition) is 15. The van der Waals surface area contributed by atoms with Crippen LogP contribution in [0.2, 0.25) is 0 Å². The van der Waals surface area contributed by atoms with Gasteiger partial charge in [0, 0.05) is 41.0 Å². The Balaban J connectivity index is 2.35. The van der Waals surface area contributed by atoms with Crippen molar-refractivity contribution in [3.63, 3.8) is 0 Å². The lowest BCUT2D eigenvalue weighted by atomic mass is 9.42. The smallest absolute Gasteiger partial charge is 0.360 e. The van der Waals surface area contributed by atoms with Crippen LogP contribution in [0.25, 0.3) is 0 Å². The highest BCUT2D eigenvalue weighted by atomic mass is 16.7. The minimum absolute atomic E-state index is 0.587. The number of esters is 6. The molecule has 17 heteroatoms. The normalized spacial score (nSPS) is 30.2. The lowest BCUT2D eigenvalue weighted by Crippen LogP contribution is -2.84. The number of ether oxygens (including phenoxy) is 7. The van der Waals surface area contributed by atoms with Gasteiger partial charge in [-0.1, -0.05) is 27.7 Å². The van der Waals surface area contributed by atoms with Gasteiger partial charge < -0.3 is 33.2 Å². The van der Waals surface area contributed by atoms with Crippen molar-refractivity contribution in [1.82, 2.24) is 10.2 Å². The van der Waals surface area contributed by atoms with Gasteiger partial charge in [-0.25, -0.2) is 9.59 Å². The largest absolute Gasteiger partial charge is 0.465 e. The molecule has 2 saturated heterocycles. The zero-order valence-electron chi connectivity index (χ0n) is 28.0. The number of fused-ring (bicyclic) bond motifs is 1. The first-order chi connectivity index (χ1) is 21.6. The molecule has 0 radical (unpaired) electrons. The van der Waals surface area contributed by atoms with Crippen molar-refractivity contribution >= 4 is 47.8 Å². The molecule has 17 nitrogen and oxygen atoms in total. The van der Waals surface area contributed by atoms with Crippen molar-refractivity contribution < 1.29 is 71.5 Å². The van der Waals surface area contributed by atoms with Gasteiger partial charge in [0.25, 0.3) is 0 Å². The van der Waals surface area contributed by atoms with Crippen LogP contribution >= 0.6 is 0 Å². The summed E-state index contributed by atoms with van der Waals surface area (Å²) in [5, 5.41) is 2.27. The van der Waals surface area contributed by atoms with Gasteiger partial charge in [0.15, 0.2) is 18.3 Å². The quantitative estimate of drug-likeness (QED) is 0.248. The van der Waals surface area contributed by atoms with Crippen LogP contribution in [0.3, 0.4) is 0 Å². The first-order valence-corrected chi connectivity index (χ1v) is 14.8. The van der Waals surface area contributed by atoms with E-state index in [1.807, 2.05) is 13.8 Å². The third kappa shape index (κ3) is 6.89. The molecule has 0 unspecified atom stereocenters. The monoisotopic (exact) mass is 670 g/mol. The number of urea groups is 1. The van der Waals surface area contributed by atoms with E-state index < -0.39 is 120 Å². The molecule has 0 spiro atoms. The first kappa shape index (κ1) is 37.2. The van der Waals surface area contributed by atoms with Gasteiger partial charge in [0.1, 0.15) is 18.8 Å². The summed E-state index contributed by atoms with van der Waals surface area (Å²) in [6, 6.07) is -2.03. The molecular weight excluding hydrogens is 628 g/mol. The number of imide groups is 1. The number of rotatable bonds is 10. The average Bonchev–Trinajstić information content (AvgIpc) is 2.93. The fourth-order valence-electron chi connectivity index (χ4n) is 6.75. The molecular formula is C30H42N2O15. The number of nitrogens with zero attached hydrogens (tertiary/aromatic N) is 1. The van der Waals surface area contributed by atoms with Gasteiger partial charge in [-0.15, -0.1) is 0 Å². The van der Waals surface area contributed by atoms with Crippen LogP contribution in [0.1, 0.15) is 68.7 Å². The topological polar surface area (TPSA) is 216 Å². The average molecular weight is 671 g/mol. The summed E-state index contributed by atoms with van der Waals surface area (Å²) in [6.07, 6.45) is -9.25. The summed E-state index contributed by atoms with van der Waals surface area (Å²) < 4.78 is 38.6. The molecule has 0 aromatic carbocycles. The van der Waals surface area contributed by atoms with Crippen molar-refractivity contribution in [1.29, 1.82) is 0 Å². The van der Waals surface area contributed by atoms with Crippen molar-refractivity contribution in [3.05, 3.63) is 0 Å². The van der Waals surface area contributed by atoms with Crippen LogP contribution in [-0.4, -0.2) is 109 Å². The Morgan fingerprint density at radius 3 is 1.91 bits per heavy atom. The molecule has 1 saturated carbocycles. The fourth-order valence-corrected chi connectivity index (χ4v) is 6.75. The molecule has 3 amide bonds. The molecule has 0 aromatic rings. The van der Waals surface area contributed by atoms with Crippen molar-refractivity contribution in [3.8, 4) is 0 Å². The van der Waals surface area contributed by atoms with Gasteiger partial charge in [-0.2, -0.15) is 0 Å². The minimum Gasteiger partial charge on any atom is -0.465 e. The molecule has 1 N–H and O–H groups in total. The molecule has 2 aliphatic heterocycles. The SMILES string of the molecule is COC(=O)[C@@]1(N2C(=O)NC(=O)[C@@H]3[C@H]2C(C)(C)C3(C)C)C[C@H](OC(C)=O)[C@@H](OC(C)=O)[C@H]([C@H](OC(C)=O)[C@@H](COC(C)=O)OC(C)=O)O1. The Hall–Kier alpha value is -4.28. The highest BCUT2D eigenvalue weighted by molar-refractivity contribution is 6.02. The van der Waals surface area contributed by atoms with Crippen LogP contribution in [0, 0.1) is 16.7 Å². The van der Waals surface area contributed by atoms with Gasteiger partial charge in [-0.3, -0.25) is 39.0 Å². The van der Waals surface area contributed by atoms with Crippen LogP contribution in [0.5, 0.6) is 0 Å². The van der Waals surface area contributed by atoms with Gasteiger partial charge in [0.05, 0.1) is 19.1 Å². The zero-order chi connectivity index (χ0) is 35.8. The Labute approximate surface area is 271 Å². The number of amides is 3. The second-order valence-electron chi connectivity index (χ2n) is 12.8. The predicted octanol–water partition coefficient (Wildman–Crippen LogP) is 0.537. The Morgan fingerprint density at radius 2 is 1.43 bits per heavy atom. The summed E-state index contributed by atoms with van der Waals surface area (Å²) in [7, 11) is 1.01. The van der Waals surface area contributed by atoms with E-state index in [1.165, 1.54) is 0 Å². The van der Waals surface area contributed by atoms with E-state index in [0.29, 0.717) is 0 Å². The second-order valence-corrected chi connectivity index (χ2v) is 12.8. The molecule has 3 rings (SSSR count). The van der Waals surface area contributed by atoms with Crippen LogP contribution in [-0.2, 0) is 66.7 Å². The molecule has 3 aliphatic rings. The van der Waals surface area contributed by atoms with E-state index >= 15 is 0 Å². The zero-order valence-corrected chi connectivity index (χ0v) is 28.0. The minimum atomic E-state index is -2.53.